The van der Waals surface area contributed by atoms with E-state index >= 15 is 0 Å². The Morgan fingerprint density at radius 3 is 2.43 bits per heavy atom. The maximum absolute atomic E-state index is 13.5. The number of halogens is 2. The van der Waals surface area contributed by atoms with Gasteiger partial charge in [0.1, 0.15) is 11.6 Å². The number of carbonyl (C=O) groups excluding carboxylic acids is 3. The highest BCUT2D eigenvalue weighted by Gasteiger charge is 2.16. The lowest BCUT2D eigenvalue weighted by atomic mass is 10.3. The van der Waals surface area contributed by atoms with Gasteiger partial charge in [0.05, 0.1) is 12.3 Å². The number of thioether (sulfide) groups is 1. The summed E-state index contributed by atoms with van der Waals surface area (Å²) < 4.78 is 31.2. The maximum Gasteiger partial charge on any atom is 0.316 e. The van der Waals surface area contributed by atoms with E-state index < -0.39 is 36.0 Å². The molecule has 1 N–H and O–H groups in total. The third-order valence-electron chi connectivity index (χ3n) is 3.47. The number of likely N-dealkylation sites (N-methyl/N-ethyl adjacent to an activating group) is 1. The maximum atomic E-state index is 13.5. The minimum Gasteiger partial charge on any atom is -0.455 e. The normalized spacial score (nSPS) is 10.2. The van der Waals surface area contributed by atoms with Gasteiger partial charge in [0.15, 0.2) is 6.61 Å². The lowest BCUT2D eigenvalue weighted by Gasteiger charge is -2.16. The van der Waals surface area contributed by atoms with Gasteiger partial charge < -0.3 is 15.0 Å². The van der Waals surface area contributed by atoms with Crippen molar-refractivity contribution < 1.29 is 27.9 Å². The number of nitrogens with zero attached hydrogens (tertiary/aromatic N) is 1. The topological polar surface area (TPSA) is 75.7 Å². The van der Waals surface area contributed by atoms with Gasteiger partial charge in [-0.25, -0.2) is 8.78 Å². The molecule has 0 bridgehead atoms. The highest BCUT2D eigenvalue weighted by molar-refractivity contribution is 8.00. The van der Waals surface area contributed by atoms with Gasteiger partial charge in [-0.3, -0.25) is 14.4 Å². The van der Waals surface area contributed by atoms with Crippen LogP contribution in [0.3, 0.4) is 0 Å². The summed E-state index contributed by atoms with van der Waals surface area (Å²) in [5.41, 5.74) is 0.392. The molecule has 0 saturated heterocycles. The van der Waals surface area contributed by atoms with Crippen molar-refractivity contribution >= 4 is 35.2 Å². The second-order valence-electron chi connectivity index (χ2n) is 5.68. The fourth-order valence-electron chi connectivity index (χ4n) is 2.03. The number of anilines is 1. The first-order valence-electron chi connectivity index (χ1n) is 8.17. The largest absolute Gasteiger partial charge is 0.455 e. The van der Waals surface area contributed by atoms with Crippen molar-refractivity contribution in [2.75, 3.05) is 31.3 Å². The first-order chi connectivity index (χ1) is 13.3. The fourth-order valence-corrected chi connectivity index (χ4v) is 2.77. The average Bonchev–Trinajstić information content (AvgIpc) is 2.67. The Balaban J connectivity index is 1.71. The number of esters is 1. The van der Waals surface area contributed by atoms with Crippen LogP contribution in [0.15, 0.2) is 53.4 Å². The van der Waals surface area contributed by atoms with Crippen LogP contribution in [0.2, 0.25) is 0 Å². The molecule has 0 saturated carbocycles. The minimum absolute atomic E-state index is 0.150. The number of nitrogens with one attached hydrogen (secondary N) is 1. The van der Waals surface area contributed by atoms with E-state index in [2.05, 4.69) is 5.32 Å². The Morgan fingerprint density at radius 2 is 1.75 bits per heavy atom. The van der Waals surface area contributed by atoms with E-state index in [1.165, 1.54) is 43.4 Å². The second-order valence-corrected chi connectivity index (χ2v) is 6.70. The molecule has 6 nitrogen and oxygen atoms in total. The summed E-state index contributed by atoms with van der Waals surface area (Å²) in [4.78, 5) is 37.0. The molecule has 2 aromatic rings. The van der Waals surface area contributed by atoms with E-state index in [1.807, 2.05) is 0 Å². The summed E-state index contributed by atoms with van der Waals surface area (Å²) in [5, 5.41) is 2.52. The van der Waals surface area contributed by atoms with E-state index in [-0.39, 0.29) is 12.3 Å². The molecule has 0 heterocycles. The minimum atomic E-state index is -0.675. The lowest BCUT2D eigenvalue weighted by Crippen LogP contribution is -2.37. The zero-order valence-corrected chi connectivity index (χ0v) is 15.8. The number of benzene rings is 2. The van der Waals surface area contributed by atoms with Gasteiger partial charge in [-0.1, -0.05) is 12.1 Å². The van der Waals surface area contributed by atoms with Gasteiger partial charge in [0.25, 0.3) is 5.91 Å². The Morgan fingerprint density at radius 1 is 1.07 bits per heavy atom. The van der Waals surface area contributed by atoms with Crippen molar-refractivity contribution in [3.05, 3.63) is 60.2 Å². The van der Waals surface area contributed by atoms with Crippen molar-refractivity contribution in [3.63, 3.8) is 0 Å². The molecule has 9 heteroatoms. The summed E-state index contributed by atoms with van der Waals surface area (Å²) in [6.45, 7) is -0.797. The summed E-state index contributed by atoms with van der Waals surface area (Å²) in [5.74, 6) is -2.75. The smallest absolute Gasteiger partial charge is 0.316 e. The zero-order valence-electron chi connectivity index (χ0n) is 15.0. The van der Waals surface area contributed by atoms with Crippen LogP contribution >= 0.6 is 11.8 Å². The standard InChI is InChI=1S/C19H18F2N2O4S/c1-23(10-17(24)22-14-8-6-13(20)7-9-14)18(25)11-27-19(26)12-28-16-5-3-2-4-15(16)21/h2-9H,10-12H2,1H3,(H,22,24). The number of hydrogen-bond donors (Lipinski definition) is 1. The quantitative estimate of drug-likeness (QED) is 0.537. The Kier molecular flexibility index (Phi) is 7.94. The van der Waals surface area contributed by atoms with Gasteiger partial charge in [-0.05, 0) is 36.4 Å². The molecule has 0 aromatic heterocycles. The number of amides is 2. The molecule has 28 heavy (non-hydrogen) atoms. The first-order valence-corrected chi connectivity index (χ1v) is 9.16. The predicted molar refractivity (Wildman–Crippen MR) is 101 cm³/mol. The van der Waals surface area contributed by atoms with Crippen LogP contribution in [0.4, 0.5) is 14.5 Å². The van der Waals surface area contributed by atoms with Gasteiger partial charge in [-0.15, -0.1) is 11.8 Å². The summed E-state index contributed by atoms with van der Waals surface area (Å²) in [7, 11) is 1.38. The van der Waals surface area contributed by atoms with E-state index in [9.17, 15) is 23.2 Å². The molecule has 2 aromatic carbocycles. The number of hydrogen-bond acceptors (Lipinski definition) is 5. The van der Waals surface area contributed by atoms with Gasteiger partial charge in [0, 0.05) is 17.6 Å². The van der Waals surface area contributed by atoms with Crippen molar-refractivity contribution in [2.24, 2.45) is 0 Å². The molecule has 0 atom stereocenters. The number of carbonyl (C=O) groups is 3. The van der Waals surface area contributed by atoms with Crippen LogP contribution < -0.4 is 5.32 Å². The number of ether oxygens (including phenoxy) is 1. The molecule has 2 rings (SSSR count). The molecule has 0 aliphatic heterocycles. The van der Waals surface area contributed by atoms with Gasteiger partial charge >= 0.3 is 5.97 Å². The molecular formula is C19H18F2N2O4S. The van der Waals surface area contributed by atoms with Crippen molar-refractivity contribution in [1.29, 1.82) is 0 Å². The van der Waals surface area contributed by atoms with Crippen LogP contribution in [-0.4, -0.2) is 48.6 Å². The van der Waals surface area contributed by atoms with Gasteiger partial charge in [0.2, 0.25) is 5.91 Å². The third-order valence-corrected chi connectivity index (χ3v) is 4.50. The Bertz CT molecular complexity index is 846. The molecule has 0 aliphatic carbocycles. The SMILES string of the molecule is CN(CC(=O)Nc1ccc(F)cc1)C(=O)COC(=O)CSc1ccccc1F. The lowest BCUT2D eigenvalue weighted by molar-refractivity contribution is -0.149. The van der Waals surface area contributed by atoms with Crippen LogP contribution in [0.1, 0.15) is 0 Å². The Hall–Kier alpha value is -2.94. The fraction of sp³-hybridized carbons (Fsp3) is 0.211. The zero-order chi connectivity index (χ0) is 20.5. The molecule has 0 fully saturated rings. The van der Waals surface area contributed by atoms with E-state index in [0.29, 0.717) is 10.6 Å². The van der Waals surface area contributed by atoms with Crippen LogP contribution in [-0.2, 0) is 19.1 Å². The molecule has 0 spiro atoms. The molecule has 0 aliphatic rings. The first kappa shape index (κ1) is 21.4. The monoisotopic (exact) mass is 408 g/mol. The average molecular weight is 408 g/mol. The predicted octanol–water partition coefficient (Wildman–Crippen LogP) is 2.70. The van der Waals surface area contributed by atoms with E-state index in [4.69, 9.17) is 4.74 Å². The number of rotatable bonds is 8. The Labute approximate surface area is 164 Å². The van der Waals surface area contributed by atoms with Crippen LogP contribution in [0.25, 0.3) is 0 Å². The summed E-state index contributed by atoms with van der Waals surface area (Å²) in [6.07, 6.45) is 0. The van der Waals surface area contributed by atoms with Crippen molar-refractivity contribution in [3.8, 4) is 0 Å². The van der Waals surface area contributed by atoms with Crippen molar-refractivity contribution in [2.45, 2.75) is 4.90 Å². The second kappa shape index (κ2) is 10.4. The van der Waals surface area contributed by atoms with Crippen LogP contribution in [0.5, 0.6) is 0 Å². The van der Waals surface area contributed by atoms with Crippen molar-refractivity contribution in [1.82, 2.24) is 4.90 Å². The third kappa shape index (κ3) is 6.99. The van der Waals surface area contributed by atoms with E-state index in [1.54, 1.807) is 12.1 Å². The molecule has 148 valence electrons. The van der Waals surface area contributed by atoms with Gasteiger partial charge in [-0.2, -0.15) is 0 Å². The summed E-state index contributed by atoms with van der Waals surface area (Å²) in [6, 6.07) is 11.2. The molecule has 2 amide bonds. The summed E-state index contributed by atoms with van der Waals surface area (Å²) >= 11 is 0.963. The highest BCUT2D eigenvalue weighted by Crippen LogP contribution is 2.21. The molecular weight excluding hydrogens is 390 g/mol. The van der Waals surface area contributed by atoms with E-state index in [0.717, 1.165) is 16.7 Å². The van der Waals surface area contributed by atoms with Crippen LogP contribution in [0, 0.1) is 11.6 Å². The highest BCUT2D eigenvalue weighted by atomic mass is 32.2. The molecule has 0 unspecified atom stereocenters. The molecule has 0 radical (unpaired) electrons.